The normalized spacial score (nSPS) is 11.6. The first-order valence-corrected chi connectivity index (χ1v) is 6.10. The molecule has 102 valence electrons. The summed E-state index contributed by atoms with van der Waals surface area (Å²) in [5.41, 5.74) is 5.44. The van der Waals surface area contributed by atoms with Gasteiger partial charge in [-0.15, -0.1) is 0 Å². The second-order valence-corrected chi connectivity index (χ2v) is 4.36. The topological polar surface area (TPSA) is 70.0 Å². The minimum absolute atomic E-state index is 0. The molecule has 0 atom stereocenters. The molecule has 0 bridgehead atoms. The maximum atomic E-state index is 2.25. The molecule has 2 heteroatoms. The number of benzene rings is 1. The van der Waals surface area contributed by atoms with E-state index >= 15 is 0 Å². The maximum Gasteiger partial charge on any atom is -0.0257 e. The van der Waals surface area contributed by atoms with Crippen LogP contribution in [0.25, 0.3) is 12.2 Å². The maximum absolute atomic E-state index is 2.25. The Bertz CT molecular complexity index is 347. The molecule has 0 aliphatic carbocycles. The summed E-state index contributed by atoms with van der Waals surface area (Å²) in [5.74, 6) is 0. The van der Waals surface area contributed by atoms with Crippen LogP contribution in [0.3, 0.4) is 0 Å². The standard InChI is InChI=1S/C16H22.2H3N/c1-5-13(3)11-15-7-9-16(10-8-15)12-14(4)6-2;;/h7-12H,5-6H2,1-4H3;2*1H3/b13-11-,14-12-;;. The summed E-state index contributed by atoms with van der Waals surface area (Å²) in [6, 6.07) is 8.75. The van der Waals surface area contributed by atoms with Crippen LogP contribution in [-0.2, 0) is 0 Å². The second kappa shape index (κ2) is 9.63. The highest BCUT2D eigenvalue weighted by molar-refractivity contribution is 5.58. The Morgan fingerprint density at radius 2 is 1.06 bits per heavy atom. The second-order valence-electron chi connectivity index (χ2n) is 4.36. The Morgan fingerprint density at radius 1 is 0.778 bits per heavy atom. The van der Waals surface area contributed by atoms with Crippen molar-refractivity contribution < 1.29 is 0 Å². The molecule has 1 aromatic carbocycles. The summed E-state index contributed by atoms with van der Waals surface area (Å²) in [6.45, 7) is 8.73. The van der Waals surface area contributed by atoms with E-state index in [2.05, 4.69) is 64.1 Å². The Hall–Kier alpha value is -1.38. The molecule has 1 rings (SSSR count). The lowest BCUT2D eigenvalue weighted by molar-refractivity contribution is 1.11. The number of hydrogen-bond acceptors (Lipinski definition) is 2. The summed E-state index contributed by atoms with van der Waals surface area (Å²) in [5, 5.41) is 0. The van der Waals surface area contributed by atoms with Crippen LogP contribution in [0.15, 0.2) is 35.4 Å². The van der Waals surface area contributed by atoms with Crippen molar-refractivity contribution in [3.63, 3.8) is 0 Å². The molecular weight excluding hydrogens is 220 g/mol. The van der Waals surface area contributed by atoms with E-state index in [4.69, 9.17) is 0 Å². The molecule has 18 heavy (non-hydrogen) atoms. The zero-order valence-corrected chi connectivity index (χ0v) is 12.3. The average molecular weight is 248 g/mol. The monoisotopic (exact) mass is 248 g/mol. The molecule has 2 nitrogen and oxygen atoms in total. The van der Waals surface area contributed by atoms with Crippen molar-refractivity contribution >= 4 is 12.2 Å². The lowest BCUT2D eigenvalue weighted by Gasteiger charge is -2.00. The molecule has 0 fully saturated rings. The molecular formula is C16H28N2. The van der Waals surface area contributed by atoms with Crippen molar-refractivity contribution in [1.29, 1.82) is 0 Å². The highest BCUT2D eigenvalue weighted by Gasteiger charge is 1.92. The predicted molar refractivity (Wildman–Crippen MR) is 84.4 cm³/mol. The first-order valence-electron chi connectivity index (χ1n) is 6.10. The summed E-state index contributed by atoms with van der Waals surface area (Å²) in [7, 11) is 0. The van der Waals surface area contributed by atoms with Gasteiger partial charge in [-0.1, -0.05) is 61.4 Å². The highest BCUT2D eigenvalue weighted by atomic mass is 14.0. The van der Waals surface area contributed by atoms with Gasteiger partial charge in [0.15, 0.2) is 0 Å². The summed E-state index contributed by atoms with van der Waals surface area (Å²) < 4.78 is 0. The van der Waals surface area contributed by atoms with Gasteiger partial charge < -0.3 is 12.3 Å². The average Bonchev–Trinajstić information content (AvgIpc) is 2.31. The minimum atomic E-state index is 0. The SMILES string of the molecule is CC/C(C)=C\c1ccc(/C=C(/C)CC)cc1.N.N. The Morgan fingerprint density at radius 3 is 1.28 bits per heavy atom. The lowest BCUT2D eigenvalue weighted by atomic mass is 10.1. The fourth-order valence-corrected chi connectivity index (χ4v) is 1.46. The van der Waals surface area contributed by atoms with Crippen molar-refractivity contribution in [2.75, 3.05) is 0 Å². The van der Waals surface area contributed by atoms with Gasteiger partial charge in [0.2, 0.25) is 0 Å². The molecule has 0 heterocycles. The van der Waals surface area contributed by atoms with Crippen LogP contribution >= 0.6 is 0 Å². The quantitative estimate of drug-likeness (QED) is 0.724. The molecule has 0 unspecified atom stereocenters. The van der Waals surface area contributed by atoms with Gasteiger partial charge >= 0.3 is 0 Å². The van der Waals surface area contributed by atoms with E-state index < -0.39 is 0 Å². The summed E-state index contributed by atoms with van der Waals surface area (Å²) in [4.78, 5) is 0. The van der Waals surface area contributed by atoms with Crippen molar-refractivity contribution in [2.24, 2.45) is 0 Å². The Balaban J connectivity index is 0. The van der Waals surface area contributed by atoms with Crippen LogP contribution in [0.1, 0.15) is 51.7 Å². The third kappa shape index (κ3) is 6.38. The van der Waals surface area contributed by atoms with Gasteiger partial charge in [0.25, 0.3) is 0 Å². The zero-order valence-electron chi connectivity index (χ0n) is 12.3. The summed E-state index contributed by atoms with van der Waals surface area (Å²) >= 11 is 0. The Kier molecular flexibility index (Phi) is 10.1. The van der Waals surface area contributed by atoms with E-state index in [9.17, 15) is 0 Å². The van der Waals surface area contributed by atoms with E-state index in [1.807, 2.05) is 0 Å². The van der Waals surface area contributed by atoms with Crippen LogP contribution < -0.4 is 12.3 Å². The van der Waals surface area contributed by atoms with Crippen LogP contribution in [0, 0.1) is 0 Å². The highest BCUT2D eigenvalue weighted by Crippen LogP contribution is 2.13. The fourth-order valence-electron chi connectivity index (χ4n) is 1.46. The lowest BCUT2D eigenvalue weighted by Crippen LogP contribution is -1.79. The van der Waals surface area contributed by atoms with Crippen molar-refractivity contribution in [1.82, 2.24) is 12.3 Å². The van der Waals surface area contributed by atoms with E-state index in [-0.39, 0.29) is 12.3 Å². The van der Waals surface area contributed by atoms with E-state index in [1.165, 1.54) is 22.3 Å². The van der Waals surface area contributed by atoms with E-state index in [0.717, 1.165) is 12.8 Å². The van der Waals surface area contributed by atoms with Gasteiger partial charge in [0, 0.05) is 0 Å². The molecule has 6 N–H and O–H groups in total. The van der Waals surface area contributed by atoms with Crippen LogP contribution in [0.5, 0.6) is 0 Å². The van der Waals surface area contributed by atoms with Crippen LogP contribution in [0.2, 0.25) is 0 Å². The molecule has 1 aromatic rings. The third-order valence-corrected chi connectivity index (χ3v) is 2.88. The smallest absolute Gasteiger partial charge is 0.0257 e. The first-order chi connectivity index (χ1) is 7.65. The number of allylic oxidation sites excluding steroid dienone is 2. The van der Waals surface area contributed by atoms with Gasteiger partial charge in [-0.25, -0.2) is 0 Å². The molecule has 0 spiro atoms. The Labute approximate surface area is 112 Å². The van der Waals surface area contributed by atoms with E-state index in [0.29, 0.717) is 0 Å². The molecule has 0 radical (unpaired) electrons. The minimum Gasteiger partial charge on any atom is -0.344 e. The number of rotatable bonds is 4. The largest absolute Gasteiger partial charge is 0.344 e. The van der Waals surface area contributed by atoms with Crippen molar-refractivity contribution in [3.05, 3.63) is 46.5 Å². The molecule has 0 saturated carbocycles. The van der Waals surface area contributed by atoms with Gasteiger partial charge in [0.05, 0.1) is 0 Å². The molecule has 0 aliphatic heterocycles. The number of hydrogen-bond donors (Lipinski definition) is 2. The van der Waals surface area contributed by atoms with Crippen molar-refractivity contribution in [3.8, 4) is 0 Å². The zero-order chi connectivity index (χ0) is 12.0. The molecule has 0 saturated heterocycles. The van der Waals surface area contributed by atoms with Gasteiger partial charge in [-0.3, -0.25) is 0 Å². The van der Waals surface area contributed by atoms with Gasteiger partial charge in [0.1, 0.15) is 0 Å². The van der Waals surface area contributed by atoms with E-state index in [1.54, 1.807) is 0 Å². The van der Waals surface area contributed by atoms with Crippen LogP contribution in [0.4, 0.5) is 0 Å². The predicted octanol–water partition coefficient (Wildman–Crippen LogP) is 5.64. The molecule has 0 aromatic heterocycles. The van der Waals surface area contributed by atoms with Crippen LogP contribution in [-0.4, -0.2) is 0 Å². The first kappa shape index (κ1) is 19.0. The molecule has 0 aliphatic rings. The van der Waals surface area contributed by atoms with Crippen molar-refractivity contribution in [2.45, 2.75) is 40.5 Å². The fraction of sp³-hybridized carbons (Fsp3) is 0.375. The van der Waals surface area contributed by atoms with Gasteiger partial charge in [-0.05, 0) is 37.8 Å². The third-order valence-electron chi connectivity index (χ3n) is 2.88. The summed E-state index contributed by atoms with van der Waals surface area (Å²) in [6.07, 6.45) is 6.74. The molecule has 0 amide bonds. The van der Waals surface area contributed by atoms with Gasteiger partial charge in [-0.2, -0.15) is 0 Å².